The van der Waals surface area contributed by atoms with Crippen LogP contribution in [0, 0.1) is 19.8 Å². The summed E-state index contributed by atoms with van der Waals surface area (Å²) in [6.45, 7) is 6.56. The average Bonchev–Trinajstić information content (AvgIpc) is 2.95. The van der Waals surface area contributed by atoms with E-state index in [1.165, 1.54) is 37.9 Å². The summed E-state index contributed by atoms with van der Waals surface area (Å²) < 4.78 is 0. The second-order valence-electron chi connectivity index (χ2n) is 9.69. The van der Waals surface area contributed by atoms with Gasteiger partial charge in [-0.25, -0.2) is 9.97 Å². The second kappa shape index (κ2) is 9.76. The van der Waals surface area contributed by atoms with E-state index in [0.29, 0.717) is 12.4 Å². The summed E-state index contributed by atoms with van der Waals surface area (Å²) in [5, 5.41) is 6.75. The Labute approximate surface area is 207 Å². The number of nitrogens with one attached hydrogen (secondary N) is 2. The third kappa shape index (κ3) is 5.10. The first-order valence-electron chi connectivity index (χ1n) is 12.1. The molecule has 2 aliphatic rings. The van der Waals surface area contributed by atoms with E-state index in [-0.39, 0.29) is 0 Å². The molecular weight excluding hydrogens is 440 g/mol. The third-order valence-electron chi connectivity index (χ3n) is 6.96. The molecule has 6 nitrogen and oxygen atoms in total. The van der Waals surface area contributed by atoms with Crippen LogP contribution in [0.5, 0.6) is 0 Å². The van der Waals surface area contributed by atoms with Crippen molar-refractivity contribution in [1.29, 1.82) is 0 Å². The normalized spacial score (nSPS) is 16.4. The summed E-state index contributed by atoms with van der Waals surface area (Å²) >= 11 is 5.53. The molecule has 0 atom stereocenters. The number of piperidine rings is 1. The topological polar surface area (TPSA) is 66.0 Å². The number of thiocarbonyl (C=S) groups is 1. The smallest absolute Gasteiger partial charge is 0.227 e. The fraction of sp³-hybridized carbons (Fsp3) is 0.407. The van der Waals surface area contributed by atoms with Gasteiger partial charge in [-0.05, 0) is 89.3 Å². The molecule has 0 radical (unpaired) electrons. The molecule has 3 aromatic rings. The molecule has 0 saturated carbocycles. The summed E-state index contributed by atoms with van der Waals surface area (Å²) in [5.41, 5.74) is 8.25. The summed E-state index contributed by atoms with van der Waals surface area (Å²) in [5.74, 6) is 1.39. The summed E-state index contributed by atoms with van der Waals surface area (Å²) in [6.07, 6.45) is 7.36. The molecule has 1 saturated heterocycles. The minimum Gasteiger partial charge on any atom is -0.349 e. The number of hydrogen-bond acceptors (Lipinski definition) is 6. The van der Waals surface area contributed by atoms with Crippen LogP contribution in [0.2, 0.25) is 0 Å². The maximum atomic E-state index is 5.53. The highest BCUT2D eigenvalue weighted by Crippen LogP contribution is 2.34. The molecule has 2 aliphatic heterocycles. The maximum Gasteiger partial charge on any atom is 0.227 e. The van der Waals surface area contributed by atoms with Gasteiger partial charge in [-0.15, -0.1) is 0 Å². The Kier molecular flexibility index (Phi) is 6.57. The van der Waals surface area contributed by atoms with Crippen molar-refractivity contribution < 1.29 is 0 Å². The van der Waals surface area contributed by atoms with E-state index >= 15 is 0 Å². The Morgan fingerprint density at radius 2 is 1.94 bits per heavy atom. The monoisotopic (exact) mass is 472 g/mol. The van der Waals surface area contributed by atoms with E-state index in [2.05, 4.69) is 64.8 Å². The van der Waals surface area contributed by atoms with Crippen LogP contribution in [0.1, 0.15) is 41.8 Å². The quantitative estimate of drug-likeness (QED) is 0.477. The van der Waals surface area contributed by atoms with E-state index in [1.54, 1.807) is 0 Å². The zero-order valence-electron chi connectivity index (χ0n) is 20.2. The van der Waals surface area contributed by atoms with Crippen LogP contribution in [-0.4, -0.2) is 45.0 Å². The minimum absolute atomic E-state index is 0.571. The Hall–Kier alpha value is -2.90. The van der Waals surface area contributed by atoms with Crippen molar-refractivity contribution in [1.82, 2.24) is 19.9 Å². The predicted octanol–water partition coefficient (Wildman–Crippen LogP) is 5.47. The van der Waals surface area contributed by atoms with Crippen molar-refractivity contribution in [2.24, 2.45) is 5.92 Å². The number of benzene rings is 1. The van der Waals surface area contributed by atoms with Crippen molar-refractivity contribution in [2.75, 3.05) is 30.8 Å². The van der Waals surface area contributed by atoms with Crippen LogP contribution < -0.4 is 10.6 Å². The second-order valence-corrected chi connectivity index (χ2v) is 10.2. The first-order valence-corrected chi connectivity index (χ1v) is 12.5. The Bertz CT molecular complexity index is 1220. The molecule has 1 fully saturated rings. The highest BCUT2D eigenvalue weighted by Gasteiger charge is 2.20. The molecule has 2 N–H and O–H groups in total. The average molecular weight is 473 g/mol. The number of hydrogen-bond donors (Lipinski definition) is 2. The van der Waals surface area contributed by atoms with Gasteiger partial charge in [-0.2, -0.15) is 0 Å². The van der Waals surface area contributed by atoms with Crippen molar-refractivity contribution in [3.05, 3.63) is 59.0 Å². The van der Waals surface area contributed by atoms with Crippen molar-refractivity contribution >= 4 is 34.5 Å². The lowest BCUT2D eigenvalue weighted by molar-refractivity contribution is 0.212. The number of pyridine rings is 1. The van der Waals surface area contributed by atoms with Crippen LogP contribution >= 0.6 is 12.2 Å². The lowest BCUT2D eigenvalue weighted by Gasteiger charge is -2.28. The van der Waals surface area contributed by atoms with E-state index in [0.717, 1.165) is 56.9 Å². The molecule has 2 aromatic heterocycles. The van der Waals surface area contributed by atoms with Crippen LogP contribution in [0.3, 0.4) is 0 Å². The highest BCUT2D eigenvalue weighted by molar-refractivity contribution is 7.80. The predicted molar refractivity (Wildman–Crippen MR) is 143 cm³/mol. The van der Waals surface area contributed by atoms with Gasteiger partial charge >= 0.3 is 0 Å². The van der Waals surface area contributed by atoms with Gasteiger partial charge in [0.05, 0.1) is 22.1 Å². The Balaban J connectivity index is 1.32. The molecule has 0 aliphatic carbocycles. The first kappa shape index (κ1) is 22.9. The molecule has 34 heavy (non-hydrogen) atoms. The highest BCUT2D eigenvalue weighted by atomic mass is 32.1. The Morgan fingerprint density at radius 3 is 2.74 bits per heavy atom. The molecule has 4 heterocycles. The van der Waals surface area contributed by atoms with Gasteiger partial charge in [0.15, 0.2) is 0 Å². The Morgan fingerprint density at radius 1 is 1.12 bits per heavy atom. The first-order chi connectivity index (χ1) is 16.4. The molecule has 7 heteroatoms. The van der Waals surface area contributed by atoms with Gasteiger partial charge in [0, 0.05) is 35.1 Å². The van der Waals surface area contributed by atoms with E-state index < -0.39 is 0 Å². The lowest BCUT2D eigenvalue weighted by Crippen LogP contribution is -2.30. The molecule has 0 bridgehead atoms. The zero-order valence-corrected chi connectivity index (χ0v) is 21.0. The number of aromatic nitrogens is 3. The largest absolute Gasteiger partial charge is 0.349 e. The number of fused-ring (bicyclic) bond motifs is 3. The molecule has 176 valence electrons. The van der Waals surface area contributed by atoms with Gasteiger partial charge in [0.2, 0.25) is 5.95 Å². The van der Waals surface area contributed by atoms with Crippen LogP contribution in [0.15, 0.2) is 36.5 Å². The van der Waals surface area contributed by atoms with Gasteiger partial charge < -0.3 is 15.5 Å². The minimum atomic E-state index is 0.571. The van der Waals surface area contributed by atoms with Crippen molar-refractivity contribution in [2.45, 2.75) is 46.0 Å². The van der Waals surface area contributed by atoms with Crippen LogP contribution in [0.25, 0.3) is 11.3 Å². The number of nitrogens with zero attached hydrogens (tertiary/aromatic N) is 4. The van der Waals surface area contributed by atoms with E-state index in [4.69, 9.17) is 22.2 Å². The van der Waals surface area contributed by atoms with Gasteiger partial charge in [0.1, 0.15) is 0 Å². The lowest BCUT2D eigenvalue weighted by atomic mass is 9.92. The standard InChI is InChI=1S/C27H32N6S/c1-17-4-8-22-24(14-17)30-25(34)15-20-16-28-27(32-26(20)22)31-23-9-7-21(29-18(23)2)6-5-19-10-12-33(3)13-11-19/h4,7-9,14,16,19H,5-6,10-13,15H2,1-3H3,(H,30,34)(H,28,31,32). The molecule has 1 aromatic carbocycles. The molecule has 0 unspecified atom stereocenters. The van der Waals surface area contributed by atoms with Gasteiger partial charge in [-0.1, -0.05) is 24.4 Å². The number of aryl methyl sites for hydroxylation is 3. The van der Waals surface area contributed by atoms with Gasteiger partial charge in [0.25, 0.3) is 0 Å². The third-order valence-corrected chi connectivity index (χ3v) is 7.20. The number of rotatable bonds is 5. The zero-order chi connectivity index (χ0) is 23.7. The summed E-state index contributed by atoms with van der Waals surface area (Å²) in [7, 11) is 2.21. The molecule has 5 rings (SSSR count). The SMILES string of the molecule is Cc1ccc2c(c1)NC(=S)Cc1cnc(Nc3ccc(CCC4CCN(C)CC4)nc3C)nc1-2. The fourth-order valence-electron chi connectivity index (χ4n) is 4.87. The molecular formula is C27H32N6S. The molecule has 0 amide bonds. The number of likely N-dealkylation sites (tertiary alicyclic amines) is 1. The summed E-state index contributed by atoms with van der Waals surface area (Å²) in [4.78, 5) is 17.5. The maximum absolute atomic E-state index is 5.53. The van der Waals surface area contributed by atoms with Crippen LogP contribution in [0.4, 0.5) is 17.3 Å². The van der Waals surface area contributed by atoms with E-state index in [1.807, 2.05) is 13.1 Å². The van der Waals surface area contributed by atoms with Gasteiger partial charge in [-0.3, -0.25) is 4.98 Å². The van der Waals surface area contributed by atoms with Crippen molar-refractivity contribution in [3.63, 3.8) is 0 Å². The number of anilines is 3. The van der Waals surface area contributed by atoms with Crippen LogP contribution in [-0.2, 0) is 12.8 Å². The van der Waals surface area contributed by atoms with E-state index in [9.17, 15) is 0 Å². The molecule has 0 spiro atoms. The summed E-state index contributed by atoms with van der Waals surface area (Å²) in [6, 6.07) is 10.6. The fourth-order valence-corrected chi connectivity index (χ4v) is 5.14. The van der Waals surface area contributed by atoms with Crippen molar-refractivity contribution in [3.8, 4) is 11.3 Å².